The van der Waals surface area contributed by atoms with Crippen molar-refractivity contribution in [3.63, 3.8) is 0 Å². The third-order valence-corrected chi connectivity index (χ3v) is 3.34. The summed E-state index contributed by atoms with van der Waals surface area (Å²) in [5.41, 5.74) is 8.62. The molecule has 0 bridgehead atoms. The van der Waals surface area contributed by atoms with Crippen molar-refractivity contribution >= 4 is 11.6 Å². The Morgan fingerprint density at radius 2 is 1.89 bits per heavy atom. The van der Waals surface area contributed by atoms with Crippen LogP contribution in [0, 0.1) is 12.7 Å². The first-order valence-corrected chi connectivity index (χ1v) is 6.26. The number of rotatable bonds is 3. The van der Waals surface area contributed by atoms with Crippen molar-refractivity contribution < 1.29 is 9.13 Å². The smallest absolute Gasteiger partial charge is 0.124 e. The van der Waals surface area contributed by atoms with Gasteiger partial charge in [0.15, 0.2) is 0 Å². The molecule has 1 unspecified atom stereocenters. The van der Waals surface area contributed by atoms with Crippen LogP contribution in [0.1, 0.15) is 22.7 Å². The molecule has 0 spiro atoms. The van der Waals surface area contributed by atoms with Crippen LogP contribution in [0.2, 0.25) is 5.02 Å². The fourth-order valence-electron chi connectivity index (χ4n) is 2.06. The van der Waals surface area contributed by atoms with Gasteiger partial charge in [-0.3, -0.25) is 0 Å². The van der Waals surface area contributed by atoms with Crippen molar-refractivity contribution in [3.8, 4) is 5.75 Å². The average molecular weight is 280 g/mol. The second-order valence-electron chi connectivity index (χ2n) is 4.36. The highest BCUT2D eigenvalue weighted by Gasteiger charge is 2.17. The van der Waals surface area contributed by atoms with E-state index in [2.05, 4.69) is 0 Å². The standard InChI is InChI=1S/C15H15ClFNO/c1-9-3-5-11(17)8-12(9)15(18)13-7-10(16)4-6-14(13)19-2/h3-8,15H,18H2,1-2H3. The Bertz CT molecular complexity index is 601. The Balaban J connectivity index is 2.51. The van der Waals surface area contributed by atoms with Crippen molar-refractivity contribution in [2.75, 3.05) is 7.11 Å². The van der Waals surface area contributed by atoms with Gasteiger partial charge in [0.05, 0.1) is 13.2 Å². The summed E-state index contributed by atoms with van der Waals surface area (Å²) in [4.78, 5) is 0. The van der Waals surface area contributed by atoms with Crippen LogP contribution in [0.5, 0.6) is 5.75 Å². The minimum absolute atomic E-state index is 0.308. The summed E-state index contributed by atoms with van der Waals surface area (Å²) in [5.74, 6) is 0.331. The topological polar surface area (TPSA) is 35.2 Å². The van der Waals surface area contributed by atoms with Crippen molar-refractivity contribution in [1.29, 1.82) is 0 Å². The van der Waals surface area contributed by atoms with Crippen molar-refractivity contribution in [1.82, 2.24) is 0 Å². The van der Waals surface area contributed by atoms with E-state index in [1.54, 1.807) is 31.4 Å². The van der Waals surface area contributed by atoms with Gasteiger partial charge in [-0.05, 0) is 48.4 Å². The molecule has 2 N–H and O–H groups in total. The lowest BCUT2D eigenvalue weighted by Gasteiger charge is -2.18. The van der Waals surface area contributed by atoms with Gasteiger partial charge in [-0.1, -0.05) is 17.7 Å². The summed E-state index contributed by atoms with van der Waals surface area (Å²) in [5, 5.41) is 0.570. The van der Waals surface area contributed by atoms with E-state index in [0.29, 0.717) is 10.8 Å². The van der Waals surface area contributed by atoms with Crippen LogP contribution in [0.15, 0.2) is 36.4 Å². The first-order chi connectivity index (χ1) is 9.02. The Hall–Kier alpha value is -1.58. The maximum Gasteiger partial charge on any atom is 0.124 e. The van der Waals surface area contributed by atoms with Crippen molar-refractivity contribution in [3.05, 3.63) is 63.9 Å². The zero-order chi connectivity index (χ0) is 14.0. The van der Waals surface area contributed by atoms with E-state index in [-0.39, 0.29) is 5.82 Å². The largest absolute Gasteiger partial charge is 0.496 e. The summed E-state index contributed by atoms with van der Waals surface area (Å²) in [6.45, 7) is 1.89. The SMILES string of the molecule is COc1ccc(Cl)cc1C(N)c1cc(F)ccc1C. The van der Waals surface area contributed by atoms with Crippen LogP contribution in [0.3, 0.4) is 0 Å². The number of aryl methyl sites for hydroxylation is 1. The monoisotopic (exact) mass is 279 g/mol. The molecule has 0 saturated carbocycles. The molecule has 1 atom stereocenters. The number of nitrogens with two attached hydrogens (primary N) is 1. The number of benzene rings is 2. The van der Waals surface area contributed by atoms with E-state index in [0.717, 1.165) is 16.7 Å². The second-order valence-corrected chi connectivity index (χ2v) is 4.80. The molecule has 0 saturated heterocycles. The number of hydrogen-bond acceptors (Lipinski definition) is 2. The molecule has 100 valence electrons. The molecular formula is C15H15ClFNO. The quantitative estimate of drug-likeness (QED) is 0.926. The van der Waals surface area contributed by atoms with Gasteiger partial charge in [-0.15, -0.1) is 0 Å². The predicted molar refractivity (Wildman–Crippen MR) is 75.2 cm³/mol. The lowest BCUT2D eigenvalue weighted by molar-refractivity contribution is 0.408. The highest BCUT2D eigenvalue weighted by Crippen LogP contribution is 2.32. The molecule has 2 nitrogen and oxygen atoms in total. The van der Waals surface area contributed by atoms with E-state index in [1.807, 2.05) is 6.92 Å². The van der Waals surface area contributed by atoms with Gasteiger partial charge >= 0.3 is 0 Å². The maximum atomic E-state index is 13.4. The minimum atomic E-state index is -0.482. The lowest BCUT2D eigenvalue weighted by Crippen LogP contribution is -2.14. The molecule has 0 amide bonds. The zero-order valence-electron chi connectivity index (χ0n) is 10.8. The fraction of sp³-hybridized carbons (Fsp3) is 0.200. The van der Waals surface area contributed by atoms with Crippen LogP contribution < -0.4 is 10.5 Å². The van der Waals surface area contributed by atoms with E-state index in [1.165, 1.54) is 12.1 Å². The number of hydrogen-bond donors (Lipinski definition) is 1. The fourth-order valence-corrected chi connectivity index (χ4v) is 2.24. The number of halogens is 2. The summed E-state index contributed by atoms with van der Waals surface area (Å²) in [6.07, 6.45) is 0. The molecular weight excluding hydrogens is 265 g/mol. The van der Waals surface area contributed by atoms with Crippen molar-refractivity contribution in [2.45, 2.75) is 13.0 Å². The molecule has 2 aromatic carbocycles. The van der Waals surface area contributed by atoms with Gasteiger partial charge in [0.2, 0.25) is 0 Å². The highest BCUT2D eigenvalue weighted by atomic mass is 35.5. The Kier molecular flexibility index (Phi) is 4.08. The third kappa shape index (κ3) is 2.88. The van der Waals surface area contributed by atoms with Crippen LogP contribution >= 0.6 is 11.6 Å². The zero-order valence-corrected chi connectivity index (χ0v) is 11.5. The molecule has 0 radical (unpaired) electrons. The molecule has 19 heavy (non-hydrogen) atoms. The van der Waals surface area contributed by atoms with Crippen LogP contribution in [-0.4, -0.2) is 7.11 Å². The molecule has 4 heteroatoms. The van der Waals surface area contributed by atoms with Crippen molar-refractivity contribution in [2.24, 2.45) is 5.73 Å². The van der Waals surface area contributed by atoms with Crippen LogP contribution in [0.25, 0.3) is 0 Å². The average Bonchev–Trinajstić information content (AvgIpc) is 2.40. The number of methoxy groups -OCH3 is 1. The van der Waals surface area contributed by atoms with E-state index < -0.39 is 6.04 Å². The molecule has 2 aromatic rings. The van der Waals surface area contributed by atoms with Gasteiger partial charge in [0.1, 0.15) is 11.6 Å². The Morgan fingerprint density at radius 3 is 2.58 bits per heavy atom. The maximum absolute atomic E-state index is 13.4. The number of ether oxygens (including phenoxy) is 1. The van der Waals surface area contributed by atoms with Gasteiger partial charge in [0, 0.05) is 10.6 Å². The van der Waals surface area contributed by atoms with E-state index >= 15 is 0 Å². The first-order valence-electron chi connectivity index (χ1n) is 5.88. The molecule has 0 aliphatic heterocycles. The molecule has 0 aliphatic rings. The third-order valence-electron chi connectivity index (χ3n) is 3.10. The van der Waals surface area contributed by atoms with Gasteiger partial charge in [0.25, 0.3) is 0 Å². The van der Waals surface area contributed by atoms with E-state index in [4.69, 9.17) is 22.1 Å². The lowest BCUT2D eigenvalue weighted by atomic mass is 9.95. The molecule has 0 aromatic heterocycles. The summed E-state index contributed by atoms with van der Waals surface area (Å²) in [6, 6.07) is 9.32. The van der Waals surface area contributed by atoms with Gasteiger partial charge in [-0.2, -0.15) is 0 Å². The predicted octanol–water partition coefficient (Wildman–Crippen LogP) is 3.84. The van der Waals surface area contributed by atoms with E-state index in [9.17, 15) is 4.39 Å². The Labute approximate surface area is 117 Å². The Morgan fingerprint density at radius 1 is 1.16 bits per heavy atom. The molecule has 0 heterocycles. The summed E-state index contributed by atoms with van der Waals surface area (Å²) in [7, 11) is 1.57. The summed E-state index contributed by atoms with van der Waals surface area (Å²) < 4.78 is 18.7. The highest BCUT2D eigenvalue weighted by molar-refractivity contribution is 6.30. The van der Waals surface area contributed by atoms with Gasteiger partial charge < -0.3 is 10.5 Å². The van der Waals surface area contributed by atoms with Gasteiger partial charge in [-0.25, -0.2) is 4.39 Å². The molecule has 0 fully saturated rings. The normalized spacial score (nSPS) is 12.3. The first kappa shape index (κ1) is 13.8. The second kappa shape index (κ2) is 5.59. The minimum Gasteiger partial charge on any atom is -0.496 e. The van der Waals surface area contributed by atoms with Crippen LogP contribution in [-0.2, 0) is 0 Å². The summed E-state index contributed by atoms with van der Waals surface area (Å²) >= 11 is 5.99. The van der Waals surface area contributed by atoms with Crippen LogP contribution in [0.4, 0.5) is 4.39 Å². The molecule has 2 rings (SSSR count). The molecule has 0 aliphatic carbocycles.